The lowest BCUT2D eigenvalue weighted by Gasteiger charge is -2.13. The normalized spacial score (nSPS) is 11.8. The average Bonchev–Trinajstić information content (AvgIpc) is 2.54. The van der Waals surface area contributed by atoms with Crippen molar-refractivity contribution in [1.82, 2.24) is 5.32 Å². The van der Waals surface area contributed by atoms with Crippen LogP contribution in [-0.2, 0) is 0 Å². The fourth-order valence-corrected chi connectivity index (χ4v) is 1.88. The number of nitrogens with one attached hydrogen (secondary N) is 2. The van der Waals surface area contributed by atoms with E-state index >= 15 is 0 Å². The zero-order valence-corrected chi connectivity index (χ0v) is 12.1. The summed E-state index contributed by atoms with van der Waals surface area (Å²) < 4.78 is 28.3. The van der Waals surface area contributed by atoms with Gasteiger partial charge in [0.05, 0.1) is 6.10 Å². The molecule has 0 saturated carbocycles. The van der Waals surface area contributed by atoms with Gasteiger partial charge in [-0.3, -0.25) is 0 Å². The first-order valence-electron chi connectivity index (χ1n) is 6.87. The molecule has 2 aromatic rings. The molecule has 2 rings (SSSR count). The van der Waals surface area contributed by atoms with Crippen LogP contribution in [0.25, 0.3) is 0 Å². The highest BCUT2D eigenvalue weighted by Crippen LogP contribution is 2.19. The second-order valence-electron chi connectivity index (χ2n) is 4.66. The van der Waals surface area contributed by atoms with Crippen LogP contribution in [0.3, 0.4) is 0 Å². The minimum atomic E-state index is -2.89. The van der Waals surface area contributed by atoms with Crippen molar-refractivity contribution < 1.29 is 23.4 Å². The zero-order chi connectivity index (χ0) is 16.7. The Labute approximate surface area is 131 Å². The van der Waals surface area contributed by atoms with E-state index in [9.17, 15) is 18.7 Å². The summed E-state index contributed by atoms with van der Waals surface area (Å²) in [6.45, 7) is -2.91. The first kappa shape index (κ1) is 16.7. The van der Waals surface area contributed by atoms with E-state index in [-0.39, 0.29) is 12.3 Å². The number of aliphatic hydroxyl groups is 1. The van der Waals surface area contributed by atoms with Gasteiger partial charge in [-0.2, -0.15) is 8.78 Å². The molecule has 0 bridgehead atoms. The number of carbonyl (C=O) groups excluding carboxylic acids is 1. The van der Waals surface area contributed by atoms with Gasteiger partial charge in [0.1, 0.15) is 5.75 Å². The summed E-state index contributed by atoms with van der Waals surface area (Å²) in [7, 11) is 0. The molecule has 0 aliphatic rings. The van der Waals surface area contributed by atoms with E-state index in [2.05, 4.69) is 15.4 Å². The third-order valence-electron chi connectivity index (χ3n) is 2.98. The highest BCUT2D eigenvalue weighted by atomic mass is 19.3. The summed E-state index contributed by atoms with van der Waals surface area (Å²) in [5, 5.41) is 15.1. The van der Waals surface area contributed by atoms with Gasteiger partial charge in [-0.15, -0.1) is 0 Å². The molecule has 0 aliphatic carbocycles. The number of hydrogen-bond acceptors (Lipinski definition) is 3. The highest BCUT2D eigenvalue weighted by molar-refractivity contribution is 5.89. The van der Waals surface area contributed by atoms with Crippen molar-refractivity contribution >= 4 is 11.7 Å². The third kappa shape index (κ3) is 5.55. The van der Waals surface area contributed by atoms with Crippen LogP contribution < -0.4 is 15.4 Å². The molecular formula is C16H16F2N2O3. The van der Waals surface area contributed by atoms with E-state index in [0.717, 1.165) is 0 Å². The predicted octanol–water partition coefficient (Wildman–Crippen LogP) is 3.14. The standard InChI is InChI=1S/C16H16F2N2O3/c17-15(18)23-13-8-6-11(7-9-13)14(21)10-19-16(22)20-12-4-2-1-3-5-12/h1-9,14-15,21H,10H2,(H2,19,20,22). The minimum absolute atomic E-state index is 0.00531. The van der Waals surface area contributed by atoms with Crippen LogP contribution >= 0.6 is 0 Å². The highest BCUT2D eigenvalue weighted by Gasteiger charge is 2.11. The lowest BCUT2D eigenvalue weighted by atomic mass is 10.1. The number of amides is 2. The van der Waals surface area contributed by atoms with Gasteiger partial charge in [-0.25, -0.2) is 4.79 Å². The average molecular weight is 322 g/mol. The second-order valence-corrected chi connectivity index (χ2v) is 4.66. The molecule has 2 amide bonds. The molecule has 1 atom stereocenters. The van der Waals surface area contributed by atoms with E-state index in [0.29, 0.717) is 11.3 Å². The number of anilines is 1. The molecule has 0 heterocycles. The fraction of sp³-hybridized carbons (Fsp3) is 0.188. The lowest BCUT2D eigenvalue weighted by Crippen LogP contribution is -2.32. The maximum absolute atomic E-state index is 12.0. The quantitative estimate of drug-likeness (QED) is 0.765. The Bertz CT molecular complexity index is 621. The number of urea groups is 1. The van der Waals surface area contributed by atoms with E-state index in [4.69, 9.17) is 0 Å². The maximum atomic E-state index is 12.0. The minimum Gasteiger partial charge on any atom is -0.435 e. The van der Waals surface area contributed by atoms with Gasteiger partial charge >= 0.3 is 12.6 Å². The molecule has 23 heavy (non-hydrogen) atoms. The van der Waals surface area contributed by atoms with Crippen molar-refractivity contribution in [3.63, 3.8) is 0 Å². The number of ether oxygens (including phenoxy) is 1. The van der Waals surface area contributed by atoms with E-state index in [1.54, 1.807) is 24.3 Å². The molecule has 3 N–H and O–H groups in total. The number of benzene rings is 2. The van der Waals surface area contributed by atoms with Crippen LogP contribution in [0.2, 0.25) is 0 Å². The van der Waals surface area contributed by atoms with Crippen molar-refractivity contribution in [1.29, 1.82) is 0 Å². The molecule has 7 heteroatoms. The van der Waals surface area contributed by atoms with Crippen LogP contribution in [0.4, 0.5) is 19.3 Å². The van der Waals surface area contributed by atoms with Crippen molar-refractivity contribution in [3.8, 4) is 5.75 Å². The monoisotopic (exact) mass is 322 g/mol. The molecule has 5 nitrogen and oxygen atoms in total. The number of alkyl halides is 2. The van der Waals surface area contributed by atoms with Crippen LogP contribution in [0, 0.1) is 0 Å². The van der Waals surface area contributed by atoms with E-state index in [1.807, 2.05) is 6.07 Å². The lowest BCUT2D eigenvalue weighted by molar-refractivity contribution is -0.0498. The van der Waals surface area contributed by atoms with Gasteiger partial charge in [-0.05, 0) is 29.8 Å². The summed E-state index contributed by atoms with van der Waals surface area (Å²) in [6.07, 6.45) is -0.961. The Hall–Kier alpha value is -2.67. The van der Waals surface area contributed by atoms with E-state index in [1.165, 1.54) is 24.3 Å². The number of carbonyl (C=O) groups is 1. The summed E-state index contributed by atoms with van der Waals surface area (Å²) >= 11 is 0. The first-order chi connectivity index (χ1) is 11.0. The zero-order valence-electron chi connectivity index (χ0n) is 12.1. The number of rotatable bonds is 6. The smallest absolute Gasteiger partial charge is 0.387 e. The van der Waals surface area contributed by atoms with Crippen LogP contribution in [0.5, 0.6) is 5.75 Å². The molecule has 0 radical (unpaired) electrons. The molecular weight excluding hydrogens is 306 g/mol. The van der Waals surface area contributed by atoms with E-state index < -0.39 is 18.7 Å². The van der Waals surface area contributed by atoms with Crippen LogP contribution in [-0.4, -0.2) is 24.3 Å². The number of para-hydroxylation sites is 1. The summed E-state index contributed by atoms with van der Waals surface area (Å²) in [5.74, 6) is 0.00531. The van der Waals surface area contributed by atoms with Gasteiger partial charge in [0.25, 0.3) is 0 Å². The predicted molar refractivity (Wildman–Crippen MR) is 81.5 cm³/mol. The van der Waals surface area contributed by atoms with Crippen molar-refractivity contribution in [2.24, 2.45) is 0 Å². The van der Waals surface area contributed by atoms with Gasteiger partial charge in [0, 0.05) is 12.2 Å². The van der Waals surface area contributed by atoms with Gasteiger partial charge in [0.2, 0.25) is 0 Å². The summed E-state index contributed by atoms with van der Waals surface area (Å²) in [6, 6.07) is 14.0. The van der Waals surface area contributed by atoms with Gasteiger partial charge < -0.3 is 20.5 Å². The van der Waals surface area contributed by atoms with Crippen molar-refractivity contribution in [2.75, 3.05) is 11.9 Å². The molecule has 0 spiro atoms. The third-order valence-corrected chi connectivity index (χ3v) is 2.98. The first-order valence-corrected chi connectivity index (χ1v) is 6.87. The Morgan fingerprint density at radius 2 is 1.74 bits per heavy atom. The largest absolute Gasteiger partial charge is 0.435 e. The Kier molecular flexibility index (Phi) is 5.87. The second kappa shape index (κ2) is 8.09. The fourth-order valence-electron chi connectivity index (χ4n) is 1.88. The molecule has 122 valence electrons. The maximum Gasteiger partial charge on any atom is 0.387 e. The van der Waals surface area contributed by atoms with Gasteiger partial charge in [0.15, 0.2) is 0 Å². The number of aliphatic hydroxyl groups excluding tert-OH is 1. The van der Waals surface area contributed by atoms with Crippen molar-refractivity contribution in [2.45, 2.75) is 12.7 Å². The number of hydrogen-bond donors (Lipinski definition) is 3. The molecule has 2 aromatic carbocycles. The van der Waals surface area contributed by atoms with Crippen LogP contribution in [0.1, 0.15) is 11.7 Å². The summed E-state index contributed by atoms with van der Waals surface area (Å²) in [4.78, 5) is 11.7. The molecule has 0 saturated heterocycles. The van der Waals surface area contributed by atoms with Crippen molar-refractivity contribution in [3.05, 3.63) is 60.2 Å². The molecule has 0 aromatic heterocycles. The van der Waals surface area contributed by atoms with Crippen LogP contribution in [0.15, 0.2) is 54.6 Å². The summed E-state index contributed by atoms with van der Waals surface area (Å²) in [5.41, 5.74) is 1.11. The Balaban J connectivity index is 1.82. The molecule has 0 aliphatic heterocycles. The molecule has 1 unspecified atom stereocenters. The SMILES string of the molecule is O=C(NCC(O)c1ccc(OC(F)F)cc1)Nc1ccccc1. The topological polar surface area (TPSA) is 70.6 Å². The Morgan fingerprint density at radius 1 is 1.09 bits per heavy atom. The van der Waals surface area contributed by atoms with Gasteiger partial charge in [-0.1, -0.05) is 30.3 Å². The number of halogens is 2. The Morgan fingerprint density at radius 3 is 2.35 bits per heavy atom. The molecule has 0 fully saturated rings.